The van der Waals surface area contributed by atoms with Gasteiger partial charge in [-0.25, -0.2) is 14.5 Å². The third kappa shape index (κ3) is 3.98. The molecule has 2 aliphatic rings. The minimum absolute atomic E-state index is 0.187. The Morgan fingerprint density at radius 3 is 2.54 bits per heavy atom. The summed E-state index contributed by atoms with van der Waals surface area (Å²) in [4.78, 5) is 28.1. The number of likely N-dealkylation sites (tertiary alicyclic amines) is 1. The predicted molar refractivity (Wildman–Crippen MR) is 145 cm³/mol. The van der Waals surface area contributed by atoms with Crippen molar-refractivity contribution in [3.63, 3.8) is 0 Å². The molecule has 1 aliphatic carbocycles. The van der Waals surface area contributed by atoms with E-state index in [-0.39, 0.29) is 11.9 Å². The maximum Gasteiger partial charge on any atom is 0.243 e. The first-order valence-corrected chi connectivity index (χ1v) is 13.2. The van der Waals surface area contributed by atoms with Crippen LogP contribution in [0, 0.1) is 12.3 Å². The molecule has 4 aromatic heterocycles. The summed E-state index contributed by atoms with van der Waals surface area (Å²) in [5.74, 6) is 2.54. The fourth-order valence-electron chi connectivity index (χ4n) is 6.30. The van der Waals surface area contributed by atoms with Crippen LogP contribution in [0.1, 0.15) is 58.3 Å². The second-order valence-corrected chi connectivity index (χ2v) is 11.0. The van der Waals surface area contributed by atoms with Crippen LogP contribution in [-0.2, 0) is 4.79 Å². The summed E-state index contributed by atoms with van der Waals surface area (Å²) >= 11 is 0. The number of pyridine rings is 1. The Balaban J connectivity index is 1.25. The normalized spacial score (nSPS) is 17.6. The predicted octanol–water partition coefficient (Wildman–Crippen LogP) is 4.28. The van der Waals surface area contributed by atoms with Gasteiger partial charge in [-0.05, 0) is 70.1 Å². The molecule has 1 saturated carbocycles. The maximum absolute atomic E-state index is 11.7. The molecule has 6 rings (SSSR count). The van der Waals surface area contributed by atoms with E-state index in [4.69, 9.17) is 15.1 Å². The molecular formula is C27H35N9O. The van der Waals surface area contributed by atoms with Crippen molar-refractivity contribution in [1.82, 2.24) is 34.0 Å². The van der Waals surface area contributed by atoms with Crippen molar-refractivity contribution >= 4 is 34.4 Å². The Morgan fingerprint density at radius 1 is 1.11 bits per heavy atom. The van der Waals surface area contributed by atoms with E-state index in [1.54, 1.807) is 6.92 Å². The van der Waals surface area contributed by atoms with E-state index in [2.05, 4.69) is 34.0 Å². The van der Waals surface area contributed by atoms with E-state index in [1.165, 1.54) is 0 Å². The van der Waals surface area contributed by atoms with Gasteiger partial charge in [0.25, 0.3) is 0 Å². The van der Waals surface area contributed by atoms with Crippen molar-refractivity contribution in [3.8, 4) is 11.3 Å². The Bertz CT molecular complexity index is 1480. The van der Waals surface area contributed by atoms with Gasteiger partial charge in [0, 0.05) is 50.9 Å². The molecule has 0 unspecified atom stereocenters. The standard InChI is InChI=1S/C27H35N9O/c1-16(2)36-17(3)29-22-7-6-21(31-25(22)36)20-8-11-35-23(20)24(28-5)32-26(33-35)30-19-14-27(15-19)9-12-34(13-10-27)18(4)37/h6-8,11,16,19H,9-10,12-15H2,1-5H3,(H2,28,30,32,33). The number of carbonyl (C=O) groups excluding carboxylic acids is 1. The first kappa shape index (κ1) is 23.7. The number of aryl methyl sites for hydroxylation is 1. The van der Waals surface area contributed by atoms with Crippen LogP contribution < -0.4 is 10.6 Å². The van der Waals surface area contributed by atoms with Crippen molar-refractivity contribution in [1.29, 1.82) is 0 Å². The summed E-state index contributed by atoms with van der Waals surface area (Å²) in [6.45, 7) is 9.73. The summed E-state index contributed by atoms with van der Waals surface area (Å²) in [7, 11) is 1.89. The maximum atomic E-state index is 11.7. The second-order valence-electron chi connectivity index (χ2n) is 11.0. The van der Waals surface area contributed by atoms with Crippen molar-refractivity contribution in [2.24, 2.45) is 5.41 Å². The topological polar surface area (TPSA) is 105 Å². The molecule has 1 saturated heterocycles. The zero-order valence-electron chi connectivity index (χ0n) is 22.2. The molecule has 1 amide bonds. The average molecular weight is 502 g/mol. The third-order valence-electron chi connectivity index (χ3n) is 8.22. The highest BCUT2D eigenvalue weighted by atomic mass is 16.2. The molecule has 10 nitrogen and oxygen atoms in total. The van der Waals surface area contributed by atoms with Gasteiger partial charge in [-0.2, -0.15) is 4.98 Å². The van der Waals surface area contributed by atoms with E-state index >= 15 is 0 Å². The number of piperidine rings is 1. The molecule has 194 valence electrons. The van der Waals surface area contributed by atoms with E-state index in [1.807, 2.05) is 47.8 Å². The first-order valence-electron chi connectivity index (χ1n) is 13.2. The highest BCUT2D eigenvalue weighted by Crippen LogP contribution is 2.50. The first-order chi connectivity index (χ1) is 17.8. The summed E-state index contributed by atoms with van der Waals surface area (Å²) < 4.78 is 4.05. The molecule has 4 aromatic rings. The Labute approximate surface area is 216 Å². The number of hydrogen-bond acceptors (Lipinski definition) is 7. The lowest BCUT2D eigenvalue weighted by Gasteiger charge is -2.52. The number of carbonyl (C=O) groups is 1. The van der Waals surface area contributed by atoms with Gasteiger partial charge in [-0.15, -0.1) is 5.10 Å². The summed E-state index contributed by atoms with van der Waals surface area (Å²) in [6, 6.07) is 6.73. The zero-order valence-corrected chi connectivity index (χ0v) is 22.2. The molecule has 10 heteroatoms. The van der Waals surface area contributed by atoms with Gasteiger partial charge in [0.15, 0.2) is 11.5 Å². The van der Waals surface area contributed by atoms with E-state index in [9.17, 15) is 4.79 Å². The molecule has 1 aliphatic heterocycles. The molecule has 2 fully saturated rings. The minimum Gasteiger partial charge on any atom is -0.371 e. The number of nitrogens with zero attached hydrogens (tertiary/aromatic N) is 7. The van der Waals surface area contributed by atoms with Crippen LogP contribution in [0.15, 0.2) is 24.4 Å². The van der Waals surface area contributed by atoms with Crippen LogP contribution in [0.25, 0.3) is 27.9 Å². The van der Waals surface area contributed by atoms with Crippen LogP contribution in [0.2, 0.25) is 0 Å². The third-order valence-corrected chi connectivity index (χ3v) is 8.22. The van der Waals surface area contributed by atoms with Crippen molar-refractivity contribution in [2.75, 3.05) is 30.8 Å². The average Bonchev–Trinajstić information content (AvgIpc) is 3.42. The van der Waals surface area contributed by atoms with Gasteiger partial charge in [-0.1, -0.05) is 0 Å². The van der Waals surface area contributed by atoms with Gasteiger partial charge in [-0.3, -0.25) is 4.79 Å². The molecule has 1 spiro atoms. The number of nitrogens with one attached hydrogen (secondary N) is 2. The van der Waals surface area contributed by atoms with Gasteiger partial charge in [0.1, 0.15) is 16.9 Å². The van der Waals surface area contributed by atoms with Crippen LogP contribution in [0.4, 0.5) is 11.8 Å². The quantitative estimate of drug-likeness (QED) is 0.421. The van der Waals surface area contributed by atoms with E-state index < -0.39 is 0 Å². The molecule has 0 aromatic carbocycles. The second kappa shape index (κ2) is 8.71. The number of hydrogen-bond donors (Lipinski definition) is 2. The van der Waals surface area contributed by atoms with Crippen molar-refractivity contribution in [3.05, 3.63) is 30.2 Å². The molecule has 2 N–H and O–H groups in total. The molecule has 37 heavy (non-hydrogen) atoms. The molecule has 0 atom stereocenters. The Hall–Kier alpha value is -3.69. The minimum atomic E-state index is 0.187. The fraction of sp³-hybridized carbons (Fsp3) is 0.519. The fourth-order valence-corrected chi connectivity index (χ4v) is 6.30. The molecule has 5 heterocycles. The largest absolute Gasteiger partial charge is 0.371 e. The highest BCUT2D eigenvalue weighted by Gasteiger charge is 2.46. The summed E-state index contributed by atoms with van der Waals surface area (Å²) in [5.41, 5.74) is 4.89. The number of fused-ring (bicyclic) bond motifs is 2. The van der Waals surface area contributed by atoms with Gasteiger partial charge in [0.2, 0.25) is 11.9 Å². The van der Waals surface area contributed by atoms with Crippen LogP contribution in [-0.4, -0.2) is 66.1 Å². The van der Waals surface area contributed by atoms with Gasteiger partial charge >= 0.3 is 0 Å². The van der Waals surface area contributed by atoms with Crippen LogP contribution in [0.3, 0.4) is 0 Å². The van der Waals surface area contributed by atoms with Crippen LogP contribution in [0.5, 0.6) is 0 Å². The Morgan fingerprint density at radius 2 is 1.86 bits per heavy atom. The number of imidazole rings is 1. The molecular weight excluding hydrogens is 466 g/mol. The smallest absolute Gasteiger partial charge is 0.243 e. The summed E-state index contributed by atoms with van der Waals surface area (Å²) in [5, 5.41) is 11.6. The lowest BCUT2D eigenvalue weighted by Crippen LogP contribution is -2.52. The van der Waals surface area contributed by atoms with Gasteiger partial charge < -0.3 is 20.1 Å². The monoisotopic (exact) mass is 501 g/mol. The number of amides is 1. The zero-order chi connectivity index (χ0) is 25.9. The molecule has 0 bridgehead atoms. The summed E-state index contributed by atoms with van der Waals surface area (Å²) in [6.07, 6.45) is 6.33. The van der Waals surface area contributed by atoms with Crippen molar-refractivity contribution < 1.29 is 4.79 Å². The highest BCUT2D eigenvalue weighted by molar-refractivity contribution is 5.89. The number of anilines is 2. The molecule has 0 radical (unpaired) electrons. The van der Waals surface area contributed by atoms with Gasteiger partial charge in [0.05, 0.1) is 5.69 Å². The Kier molecular flexibility index (Phi) is 5.58. The van der Waals surface area contributed by atoms with E-state index in [0.717, 1.165) is 78.4 Å². The lowest BCUT2D eigenvalue weighted by atomic mass is 9.60. The SMILES string of the molecule is CNc1nc(NC2CC3(CCN(C(C)=O)CC3)C2)nn2ccc(-c3ccc4nc(C)n(C(C)C)c4n3)c12. The number of aromatic nitrogens is 6. The van der Waals surface area contributed by atoms with E-state index in [0.29, 0.717) is 17.4 Å². The lowest BCUT2D eigenvalue weighted by molar-refractivity contribution is -0.132. The van der Waals surface area contributed by atoms with Crippen LogP contribution >= 0.6 is 0 Å². The van der Waals surface area contributed by atoms with Crippen molar-refractivity contribution in [2.45, 2.75) is 65.5 Å². The number of rotatable bonds is 5.